The Morgan fingerprint density at radius 2 is 2.03 bits per heavy atom. The first-order chi connectivity index (χ1) is 14.5. The van der Waals surface area contributed by atoms with Gasteiger partial charge in [-0.15, -0.1) is 0 Å². The van der Waals surface area contributed by atoms with Gasteiger partial charge in [-0.05, 0) is 50.1 Å². The number of ether oxygens (including phenoxy) is 1. The van der Waals surface area contributed by atoms with Crippen LogP contribution in [0.1, 0.15) is 19.8 Å². The van der Waals surface area contributed by atoms with Crippen molar-refractivity contribution in [2.24, 2.45) is 5.92 Å². The van der Waals surface area contributed by atoms with Crippen LogP contribution in [-0.2, 0) is 14.8 Å². The number of aliphatic hydroxyl groups is 1. The van der Waals surface area contributed by atoms with E-state index in [1.54, 1.807) is 12.2 Å². The minimum Gasteiger partial charge on any atom is -0.493 e. The first kappa shape index (κ1) is 23.7. The van der Waals surface area contributed by atoms with Gasteiger partial charge >= 0.3 is 0 Å². The lowest BCUT2D eigenvalue weighted by atomic mass is 9.87. The van der Waals surface area contributed by atoms with E-state index in [0.717, 1.165) is 4.31 Å². The Labute approximate surface area is 185 Å². The predicted molar refractivity (Wildman–Crippen MR) is 111 cm³/mol. The van der Waals surface area contributed by atoms with E-state index in [2.05, 4.69) is 0 Å². The molecule has 1 saturated heterocycles. The van der Waals surface area contributed by atoms with E-state index in [9.17, 15) is 22.7 Å². The van der Waals surface area contributed by atoms with Crippen LogP contribution in [0.25, 0.3) is 0 Å². The first-order valence-electron chi connectivity index (χ1n) is 9.64. The monoisotopic (exact) mass is 474 g/mol. The second-order valence-electron chi connectivity index (χ2n) is 7.76. The molecular formula is C20H24ClFN2O6S. The maximum atomic E-state index is 14.3. The summed E-state index contributed by atoms with van der Waals surface area (Å²) in [5.74, 6) is -1.42. The van der Waals surface area contributed by atoms with E-state index in [-0.39, 0.29) is 24.5 Å². The molecule has 2 aliphatic rings. The molecule has 8 nitrogen and oxygen atoms in total. The summed E-state index contributed by atoms with van der Waals surface area (Å²) in [6, 6.07) is 3.92. The number of benzene rings is 1. The molecule has 1 heterocycles. The third kappa shape index (κ3) is 4.93. The van der Waals surface area contributed by atoms with Crippen LogP contribution in [0.4, 0.5) is 4.39 Å². The smallest absolute Gasteiger partial charge is 0.264 e. The predicted octanol–water partition coefficient (Wildman–Crippen LogP) is 2.12. The molecule has 0 saturated carbocycles. The third-order valence-corrected chi connectivity index (χ3v) is 7.71. The number of sulfonamides is 1. The lowest BCUT2D eigenvalue weighted by Crippen LogP contribution is -2.62. The summed E-state index contributed by atoms with van der Waals surface area (Å²) in [5.41, 5.74) is -0.219. The molecule has 31 heavy (non-hydrogen) atoms. The summed E-state index contributed by atoms with van der Waals surface area (Å²) in [6.45, 7) is 1.30. The molecule has 170 valence electrons. The average molecular weight is 475 g/mol. The highest BCUT2D eigenvalue weighted by Crippen LogP contribution is 2.34. The molecule has 0 aromatic heterocycles. The van der Waals surface area contributed by atoms with Gasteiger partial charge in [0.25, 0.3) is 5.91 Å². The minimum absolute atomic E-state index is 0.00462. The number of hydrogen-bond acceptors (Lipinski definition) is 6. The number of rotatable bonds is 6. The second kappa shape index (κ2) is 8.87. The third-order valence-electron chi connectivity index (χ3n) is 5.42. The standard InChI is InChI=1S/C20H24ClFN2O6S/c1-19(26)10-4-12-24(17(19)18(25)23-27)31(28,29)16-8-6-15(7-9-16)30-13-14-5-2-3-11-20(14,21)22/h2-3,5-9,11,14,17,26-27H,4,10,12-13H2,1H3,(H,23,25)/t14?,17-,19+,20?/m0/s1. The van der Waals surface area contributed by atoms with Gasteiger partial charge in [-0.25, -0.2) is 18.3 Å². The molecule has 1 aromatic rings. The number of hydrogen-bond donors (Lipinski definition) is 3. The Morgan fingerprint density at radius 3 is 2.65 bits per heavy atom. The van der Waals surface area contributed by atoms with Gasteiger partial charge in [0.05, 0.1) is 23.0 Å². The summed E-state index contributed by atoms with van der Waals surface area (Å²) >= 11 is 5.81. The number of hydroxylamine groups is 1. The quantitative estimate of drug-likeness (QED) is 0.330. The van der Waals surface area contributed by atoms with Crippen molar-refractivity contribution in [2.45, 2.75) is 41.4 Å². The summed E-state index contributed by atoms with van der Waals surface area (Å²) in [7, 11) is -4.16. The van der Waals surface area contributed by atoms with Gasteiger partial charge in [-0.3, -0.25) is 10.0 Å². The molecule has 0 bridgehead atoms. The summed E-state index contributed by atoms with van der Waals surface area (Å²) in [4.78, 5) is 12.0. The molecule has 0 spiro atoms. The highest BCUT2D eigenvalue weighted by Gasteiger charge is 2.49. The number of nitrogens with one attached hydrogen (secondary N) is 1. The number of carbonyl (C=O) groups is 1. The Hall–Kier alpha value is -1.98. The molecule has 1 aliphatic carbocycles. The highest BCUT2D eigenvalue weighted by molar-refractivity contribution is 7.89. The Kier molecular flexibility index (Phi) is 6.78. The van der Waals surface area contributed by atoms with Crippen molar-refractivity contribution in [3.63, 3.8) is 0 Å². The molecule has 1 fully saturated rings. The van der Waals surface area contributed by atoms with Crippen LogP contribution in [0.5, 0.6) is 5.75 Å². The van der Waals surface area contributed by atoms with Crippen molar-refractivity contribution >= 4 is 27.5 Å². The molecule has 11 heteroatoms. The Balaban J connectivity index is 1.77. The zero-order valence-corrected chi connectivity index (χ0v) is 18.3. The molecule has 3 N–H and O–H groups in total. The van der Waals surface area contributed by atoms with Crippen LogP contribution in [-0.4, -0.2) is 58.9 Å². The topological polar surface area (TPSA) is 116 Å². The summed E-state index contributed by atoms with van der Waals surface area (Å²) in [5, 5.41) is 17.5. The number of carbonyl (C=O) groups excluding carboxylic acids is 1. The van der Waals surface area contributed by atoms with Crippen LogP contribution < -0.4 is 10.2 Å². The Morgan fingerprint density at radius 1 is 1.35 bits per heavy atom. The molecule has 1 amide bonds. The summed E-state index contributed by atoms with van der Waals surface area (Å²) in [6.07, 6.45) is 6.52. The lowest BCUT2D eigenvalue weighted by molar-refractivity contribution is -0.144. The molecule has 0 radical (unpaired) electrons. The molecule has 1 aromatic carbocycles. The van der Waals surface area contributed by atoms with Crippen LogP contribution >= 0.6 is 11.6 Å². The van der Waals surface area contributed by atoms with Crippen LogP contribution in [0.15, 0.2) is 53.5 Å². The van der Waals surface area contributed by atoms with Crippen molar-refractivity contribution in [3.8, 4) is 5.75 Å². The van der Waals surface area contributed by atoms with E-state index >= 15 is 0 Å². The molecular weight excluding hydrogens is 451 g/mol. The number of allylic oxidation sites excluding steroid dienone is 3. The molecule has 4 atom stereocenters. The zero-order valence-electron chi connectivity index (χ0n) is 16.7. The normalized spacial score (nSPS) is 31.4. The van der Waals surface area contributed by atoms with Gasteiger partial charge in [0, 0.05) is 6.54 Å². The number of amides is 1. The SMILES string of the molecule is C[C@@]1(O)CCCN(S(=O)(=O)c2ccc(OCC3C=CC=CC3(F)Cl)cc2)[C@H]1C(=O)NO. The van der Waals surface area contributed by atoms with Crippen molar-refractivity contribution in [1.82, 2.24) is 9.79 Å². The number of halogens is 2. The van der Waals surface area contributed by atoms with Crippen molar-refractivity contribution in [3.05, 3.63) is 48.6 Å². The number of piperidine rings is 1. The highest BCUT2D eigenvalue weighted by atomic mass is 35.5. The average Bonchev–Trinajstić information content (AvgIpc) is 2.71. The lowest BCUT2D eigenvalue weighted by Gasteiger charge is -2.42. The van der Waals surface area contributed by atoms with E-state index in [1.807, 2.05) is 0 Å². The maximum absolute atomic E-state index is 14.3. The van der Waals surface area contributed by atoms with Crippen LogP contribution in [0.2, 0.25) is 0 Å². The largest absolute Gasteiger partial charge is 0.493 e. The molecule has 1 aliphatic heterocycles. The second-order valence-corrected chi connectivity index (χ2v) is 10.2. The van der Waals surface area contributed by atoms with Crippen molar-refractivity contribution < 1.29 is 32.7 Å². The van der Waals surface area contributed by atoms with Crippen LogP contribution in [0.3, 0.4) is 0 Å². The fourth-order valence-electron chi connectivity index (χ4n) is 3.73. The molecule has 2 unspecified atom stereocenters. The van der Waals surface area contributed by atoms with Gasteiger partial charge in [-0.1, -0.05) is 29.8 Å². The van der Waals surface area contributed by atoms with Gasteiger partial charge < -0.3 is 9.84 Å². The van der Waals surface area contributed by atoms with Gasteiger partial charge in [-0.2, -0.15) is 4.31 Å². The summed E-state index contributed by atoms with van der Waals surface area (Å²) < 4.78 is 46.9. The minimum atomic E-state index is -4.16. The first-order valence-corrected chi connectivity index (χ1v) is 11.5. The van der Waals surface area contributed by atoms with E-state index < -0.39 is 38.6 Å². The van der Waals surface area contributed by atoms with E-state index in [4.69, 9.17) is 21.5 Å². The number of alkyl halides is 2. The van der Waals surface area contributed by atoms with Gasteiger partial charge in [0.1, 0.15) is 11.8 Å². The van der Waals surface area contributed by atoms with E-state index in [1.165, 1.54) is 48.8 Å². The fourth-order valence-corrected chi connectivity index (χ4v) is 5.66. The molecule has 3 rings (SSSR count). The fraction of sp³-hybridized carbons (Fsp3) is 0.450. The van der Waals surface area contributed by atoms with Gasteiger partial charge in [0.15, 0.2) is 0 Å². The maximum Gasteiger partial charge on any atom is 0.264 e. The van der Waals surface area contributed by atoms with E-state index in [0.29, 0.717) is 12.2 Å². The van der Waals surface area contributed by atoms with Crippen LogP contribution in [0, 0.1) is 5.92 Å². The van der Waals surface area contributed by atoms with Crippen molar-refractivity contribution in [2.75, 3.05) is 13.2 Å². The van der Waals surface area contributed by atoms with Gasteiger partial charge in [0.2, 0.25) is 15.2 Å². The zero-order chi connectivity index (χ0) is 22.9. The van der Waals surface area contributed by atoms with Crippen molar-refractivity contribution in [1.29, 1.82) is 0 Å². The Bertz CT molecular complexity index is 978. The number of nitrogens with zero attached hydrogens (tertiary/aromatic N) is 1.